The molecular formula is C16H15BrN2OS. The zero-order chi connectivity index (χ0) is 14.4. The Kier molecular flexibility index (Phi) is 3.34. The lowest BCUT2D eigenvalue weighted by atomic mass is 10.1. The van der Waals surface area contributed by atoms with Gasteiger partial charge in [0.1, 0.15) is 4.88 Å². The Balaban J connectivity index is 1.50. The zero-order valence-corrected chi connectivity index (χ0v) is 13.8. The first kappa shape index (κ1) is 13.5. The Bertz CT molecular complexity index is 708. The van der Waals surface area contributed by atoms with Gasteiger partial charge in [0.05, 0.1) is 17.2 Å². The Morgan fingerprint density at radius 1 is 1.33 bits per heavy atom. The summed E-state index contributed by atoms with van der Waals surface area (Å²) in [4.78, 5) is 17.5. The van der Waals surface area contributed by atoms with Gasteiger partial charge in [-0.3, -0.25) is 4.79 Å². The van der Waals surface area contributed by atoms with Crippen molar-refractivity contribution in [2.24, 2.45) is 0 Å². The number of thiazole rings is 1. The molecule has 3 nitrogen and oxygen atoms in total. The van der Waals surface area contributed by atoms with Crippen LogP contribution in [0.3, 0.4) is 0 Å². The lowest BCUT2D eigenvalue weighted by molar-refractivity contribution is 0.0940. The summed E-state index contributed by atoms with van der Waals surface area (Å²) >= 11 is 5.05. The van der Waals surface area contributed by atoms with Gasteiger partial charge < -0.3 is 5.32 Å². The fourth-order valence-electron chi connectivity index (χ4n) is 2.88. The number of nitrogens with zero attached hydrogens (tertiary/aromatic N) is 1. The third kappa shape index (κ3) is 2.64. The van der Waals surface area contributed by atoms with Crippen molar-refractivity contribution in [2.75, 3.05) is 0 Å². The van der Waals surface area contributed by atoms with Crippen molar-refractivity contribution >= 4 is 33.2 Å². The second-order valence-electron chi connectivity index (χ2n) is 5.74. The van der Waals surface area contributed by atoms with Gasteiger partial charge in [-0.2, -0.15) is 0 Å². The largest absolute Gasteiger partial charge is 0.344 e. The SMILES string of the molecule is O=C(NC1CCc2cc(Br)ccc21)c1cnc(C2CC2)s1. The maximum Gasteiger partial charge on any atom is 0.263 e. The van der Waals surface area contributed by atoms with E-state index in [-0.39, 0.29) is 11.9 Å². The molecule has 1 heterocycles. The number of hydrogen-bond donors (Lipinski definition) is 1. The molecule has 1 N–H and O–H groups in total. The molecule has 2 aliphatic rings. The van der Waals surface area contributed by atoms with Crippen LogP contribution in [0.1, 0.15) is 57.0 Å². The maximum absolute atomic E-state index is 12.4. The summed E-state index contributed by atoms with van der Waals surface area (Å²) in [6.07, 6.45) is 6.17. The van der Waals surface area contributed by atoms with Gasteiger partial charge in [-0.05, 0) is 48.9 Å². The number of rotatable bonds is 3. The molecule has 0 saturated heterocycles. The monoisotopic (exact) mass is 362 g/mol. The first-order chi connectivity index (χ1) is 10.2. The van der Waals surface area contributed by atoms with Crippen LogP contribution < -0.4 is 5.32 Å². The molecule has 0 bridgehead atoms. The van der Waals surface area contributed by atoms with Gasteiger partial charge in [0.2, 0.25) is 0 Å². The van der Waals surface area contributed by atoms with Crippen molar-refractivity contribution in [1.82, 2.24) is 10.3 Å². The molecule has 4 rings (SSSR count). The quantitative estimate of drug-likeness (QED) is 0.888. The fourth-order valence-corrected chi connectivity index (χ4v) is 4.28. The van der Waals surface area contributed by atoms with Crippen LogP contribution in [0.2, 0.25) is 0 Å². The van der Waals surface area contributed by atoms with E-state index in [4.69, 9.17) is 0 Å². The van der Waals surface area contributed by atoms with Crippen LogP contribution in [0, 0.1) is 0 Å². The van der Waals surface area contributed by atoms with E-state index in [1.165, 1.54) is 24.0 Å². The Morgan fingerprint density at radius 3 is 3.00 bits per heavy atom. The molecule has 1 amide bonds. The fraction of sp³-hybridized carbons (Fsp3) is 0.375. The van der Waals surface area contributed by atoms with E-state index < -0.39 is 0 Å². The predicted molar refractivity (Wildman–Crippen MR) is 86.8 cm³/mol. The number of amides is 1. The Hall–Kier alpha value is -1.20. The first-order valence-corrected chi connectivity index (χ1v) is 8.86. The normalized spacial score (nSPS) is 20.3. The van der Waals surface area contributed by atoms with Crippen LogP contribution in [-0.2, 0) is 6.42 Å². The van der Waals surface area contributed by atoms with Gasteiger partial charge in [-0.1, -0.05) is 22.0 Å². The minimum Gasteiger partial charge on any atom is -0.344 e. The van der Waals surface area contributed by atoms with Gasteiger partial charge in [-0.15, -0.1) is 11.3 Å². The summed E-state index contributed by atoms with van der Waals surface area (Å²) in [6.45, 7) is 0. The predicted octanol–water partition coefficient (Wildman–Crippen LogP) is 4.20. The number of benzene rings is 1. The number of carbonyl (C=O) groups excluding carboxylic acids is 1. The van der Waals surface area contributed by atoms with Gasteiger partial charge in [0.15, 0.2) is 0 Å². The molecule has 2 aromatic rings. The summed E-state index contributed by atoms with van der Waals surface area (Å²) in [6, 6.07) is 6.44. The Labute approximate surface area is 135 Å². The van der Waals surface area contributed by atoms with E-state index in [0.29, 0.717) is 5.92 Å². The molecule has 21 heavy (non-hydrogen) atoms. The molecule has 0 spiro atoms. The average Bonchev–Trinajstić information content (AvgIpc) is 3.07. The van der Waals surface area contributed by atoms with Crippen LogP contribution in [0.4, 0.5) is 0 Å². The van der Waals surface area contributed by atoms with Crippen molar-refractivity contribution in [3.63, 3.8) is 0 Å². The lowest BCUT2D eigenvalue weighted by Gasteiger charge is -2.13. The Morgan fingerprint density at radius 2 is 2.19 bits per heavy atom. The smallest absolute Gasteiger partial charge is 0.263 e. The highest BCUT2D eigenvalue weighted by atomic mass is 79.9. The van der Waals surface area contributed by atoms with Crippen molar-refractivity contribution in [2.45, 2.75) is 37.6 Å². The number of carbonyl (C=O) groups is 1. The van der Waals surface area contributed by atoms with Crippen LogP contribution in [0.5, 0.6) is 0 Å². The summed E-state index contributed by atoms with van der Waals surface area (Å²) in [5.41, 5.74) is 2.58. The number of hydrogen-bond acceptors (Lipinski definition) is 3. The van der Waals surface area contributed by atoms with E-state index in [0.717, 1.165) is 27.2 Å². The number of aryl methyl sites for hydroxylation is 1. The van der Waals surface area contributed by atoms with Crippen molar-refractivity contribution < 1.29 is 4.79 Å². The second-order valence-corrected chi connectivity index (χ2v) is 7.72. The summed E-state index contributed by atoms with van der Waals surface area (Å²) in [5.74, 6) is 0.626. The number of halogens is 1. The van der Waals surface area contributed by atoms with Crippen LogP contribution in [0.15, 0.2) is 28.9 Å². The highest BCUT2D eigenvalue weighted by molar-refractivity contribution is 9.10. The zero-order valence-electron chi connectivity index (χ0n) is 11.4. The van der Waals surface area contributed by atoms with Crippen LogP contribution in [0.25, 0.3) is 0 Å². The molecule has 108 valence electrons. The maximum atomic E-state index is 12.4. The number of fused-ring (bicyclic) bond motifs is 1. The first-order valence-electron chi connectivity index (χ1n) is 7.25. The van der Waals surface area contributed by atoms with Gasteiger partial charge in [-0.25, -0.2) is 4.98 Å². The molecule has 1 aromatic heterocycles. The van der Waals surface area contributed by atoms with Crippen LogP contribution in [-0.4, -0.2) is 10.9 Å². The molecule has 1 atom stereocenters. The highest BCUT2D eigenvalue weighted by Gasteiger charge is 2.29. The molecule has 1 unspecified atom stereocenters. The second kappa shape index (κ2) is 5.21. The molecule has 5 heteroatoms. The van der Waals surface area contributed by atoms with E-state index in [1.54, 1.807) is 17.5 Å². The summed E-state index contributed by atoms with van der Waals surface area (Å²) < 4.78 is 1.10. The van der Waals surface area contributed by atoms with Gasteiger partial charge in [0.25, 0.3) is 5.91 Å². The molecular weight excluding hydrogens is 348 g/mol. The van der Waals surface area contributed by atoms with Crippen molar-refractivity contribution in [3.8, 4) is 0 Å². The molecule has 1 saturated carbocycles. The van der Waals surface area contributed by atoms with E-state index >= 15 is 0 Å². The third-order valence-electron chi connectivity index (χ3n) is 4.16. The number of aromatic nitrogens is 1. The molecule has 2 aliphatic carbocycles. The van der Waals surface area contributed by atoms with E-state index in [1.807, 2.05) is 6.07 Å². The molecule has 0 radical (unpaired) electrons. The van der Waals surface area contributed by atoms with Crippen molar-refractivity contribution in [1.29, 1.82) is 0 Å². The molecule has 1 fully saturated rings. The third-order valence-corrected chi connectivity index (χ3v) is 5.81. The standard InChI is InChI=1S/C16H15BrN2OS/c17-11-4-5-12-10(7-11)3-6-13(12)19-15(20)14-8-18-16(21-14)9-1-2-9/h4-5,7-9,13H,1-3,6H2,(H,19,20). The molecule has 0 aliphatic heterocycles. The number of nitrogens with one attached hydrogen (secondary N) is 1. The minimum absolute atomic E-state index is 0.0140. The van der Waals surface area contributed by atoms with Gasteiger partial charge in [0, 0.05) is 10.4 Å². The minimum atomic E-state index is 0.0140. The molecule has 1 aromatic carbocycles. The van der Waals surface area contributed by atoms with Crippen LogP contribution >= 0.6 is 27.3 Å². The lowest BCUT2D eigenvalue weighted by Crippen LogP contribution is -2.26. The van der Waals surface area contributed by atoms with E-state index in [2.05, 4.69) is 38.4 Å². The van der Waals surface area contributed by atoms with E-state index in [9.17, 15) is 4.79 Å². The van der Waals surface area contributed by atoms with Gasteiger partial charge >= 0.3 is 0 Å². The average molecular weight is 363 g/mol. The van der Waals surface area contributed by atoms with Crippen molar-refractivity contribution in [3.05, 3.63) is 49.9 Å². The summed E-state index contributed by atoms with van der Waals surface area (Å²) in [5, 5.41) is 4.28. The summed E-state index contributed by atoms with van der Waals surface area (Å²) in [7, 11) is 0. The topological polar surface area (TPSA) is 42.0 Å². The highest BCUT2D eigenvalue weighted by Crippen LogP contribution is 2.42.